The zero-order valence-corrected chi connectivity index (χ0v) is 17.3. The third kappa shape index (κ3) is 5.55. The maximum Gasteiger partial charge on any atom is 0.475 e. The van der Waals surface area contributed by atoms with Crippen molar-refractivity contribution in [1.29, 1.82) is 0 Å². The molecule has 0 aliphatic carbocycles. The summed E-state index contributed by atoms with van der Waals surface area (Å²) in [5.74, 6) is -0.713. The van der Waals surface area contributed by atoms with Gasteiger partial charge in [0.1, 0.15) is 16.6 Å². The number of ether oxygens (including phenoxy) is 1. The van der Waals surface area contributed by atoms with Crippen LogP contribution in [0, 0.1) is 0 Å². The van der Waals surface area contributed by atoms with Crippen LogP contribution in [0.3, 0.4) is 0 Å². The molecule has 0 saturated carbocycles. The lowest BCUT2D eigenvalue weighted by Gasteiger charge is -2.32. The van der Waals surface area contributed by atoms with Crippen molar-refractivity contribution in [2.45, 2.75) is 77.0 Å². The second-order valence-electron chi connectivity index (χ2n) is 8.22. The summed E-state index contributed by atoms with van der Waals surface area (Å²) in [7, 11) is -1.47. The fourth-order valence-electron chi connectivity index (χ4n) is 3.57. The number of rotatable bonds is 4. The molecule has 2 saturated heterocycles. The van der Waals surface area contributed by atoms with Gasteiger partial charge in [0.15, 0.2) is 0 Å². The highest BCUT2D eigenvalue weighted by atomic mass is 32.1. The number of carbonyl (C=O) groups is 2. The molecule has 3 atom stereocenters. The molecule has 0 aromatic heterocycles. The zero-order valence-electron chi connectivity index (χ0n) is 16.5. The molecule has 152 valence electrons. The average molecular weight is 399 g/mol. The molecule has 27 heavy (non-hydrogen) atoms. The molecule has 0 spiro atoms. The van der Waals surface area contributed by atoms with Crippen molar-refractivity contribution in [3.63, 3.8) is 0 Å². The van der Waals surface area contributed by atoms with Gasteiger partial charge in [0, 0.05) is 13.1 Å². The van der Waals surface area contributed by atoms with Crippen molar-refractivity contribution in [3.8, 4) is 0 Å². The van der Waals surface area contributed by atoms with E-state index in [-0.39, 0.29) is 5.91 Å². The third-order valence-electron chi connectivity index (χ3n) is 4.84. The maximum absolute atomic E-state index is 12.7. The predicted molar refractivity (Wildman–Crippen MR) is 106 cm³/mol. The summed E-state index contributed by atoms with van der Waals surface area (Å²) in [5, 5.41) is 21.9. The monoisotopic (exact) mass is 399 g/mol. The van der Waals surface area contributed by atoms with Crippen molar-refractivity contribution >= 4 is 36.3 Å². The van der Waals surface area contributed by atoms with Crippen LogP contribution in [-0.2, 0) is 9.53 Å². The first-order valence-electron chi connectivity index (χ1n) is 9.48. The molecule has 0 unspecified atom stereocenters. The summed E-state index contributed by atoms with van der Waals surface area (Å²) in [6.45, 7) is 8.26. The third-order valence-corrected chi connectivity index (χ3v) is 5.43. The van der Waals surface area contributed by atoms with Crippen LogP contribution in [0.2, 0.25) is 0 Å². The minimum atomic E-state index is -1.47. The van der Waals surface area contributed by atoms with Crippen LogP contribution >= 0.6 is 12.2 Å². The Morgan fingerprint density at radius 3 is 2.37 bits per heavy atom. The lowest BCUT2D eigenvalue weighted by molar-refractivity contribution is -0.125. The molecule has 2 rings (SSSR count). The van der Waals surface area contributed by atoms with Crippen LogP contribution in [-0.4, -0.2) is 80.7 Å². The van der Waals surface area contributed by atoms with E-state index in [4.69, 9.17) is 17.0 Å². The van der Waals surface area contributed by atoms with E-state index in [1.54, 1.807) is 32.6 Å². The predicted octanol–water partition coefficient (Wildman–Crippen LogP) is 0.694. The smallest absolute Gasteiger partial charge is 0.444 e. The molecule has 3 N–H and O–H groups in total. The number of amides is 2. The number of thiocarbonyl (C=S) groups is 1. The van der Waals surface area contributed by atoms with E-state index in [1.165, 1.54) is 4.90 Å². The van der Waals surface area contributed by atoms with E-state index in [9.17, 15) is 19.6 Å². The van der Waals surface area contributed by atoms with Gasteiger partial charge in [-0.15, -0.1) is 0 Å². The maximum atomic E-state index is 12.7. The fourth-order valence-corrected chi connectivity index (χ4v) is 3.86. The molecule has 10 heteroatoms. The summed E-state index contributed by atoms with van der Waals surface area (Å²) in [6.07, 6.45) is 2.29. The molecular weight excluding hydrogens is 369 g/mol. The number of carbonyl (C=O) groups excluding carboxylic acids is 2. The molecule has 0 aromatic carbocycles. The van der Waals surface area contributed by atoms with Crippen molar-refractivity contribution in [3.05, 3.63) is 0 Å². The highest BCUT2D eigenvalue weighted by Crippen LogP contribution is 2.22. The fraction of sp³-hybridized carbons (Fsp3) is 0.824. The summed E-state index contributed by atoms with van der Waals surface area (Å²) < 4.78 is 5.39. The molecular formula is C17H30BN3O5S. The molecule has 0 bridgehead atoms. The van der Waals surface area contributed by atoms with Crippen LogP contribution in [0.5, 0.6) is 0 Å². The van der Waals surface area contributed by atoms with Gasteiger partial charge in [-0.2, -0.15) is 0 Å². The Labute approximate surface area is 166 Å². The minimum Gasteiger partial charge on any atom is -0.444 e. The van der Waals surface area contributed by atoms with E-state index >= 15 is 0 Å². The second kappa shape index (κ2) is 8.75. The largest absolute Gasteiger partial charge is 0.475 e. The van der Waals surface area contributed by atoms with Crippen LogP contribution < -0.4 is 5.32 Å². The van der Waals surface area contributed by atoms with Crippen LogP contribution in [0.1, 0.15) is 53.4 Å². The second-order valence-corrected chi connectivity index (χ2v) is 8.64. The van der Waals surface area contributed by atoms with Crippen molar-refractivity contribution < 1.29 is 24.4 Å². The van der Waals surface area contributed by atoms with Gasteiger partial charge in [0.05, 0.1) is 12.0 Å². The Hall–Kier alpha value is -1.39. The molecule has 0 aromatic rings. The molecule has 0 radical (unpaired) electrons. The van der Waals surface area contributed by atoms with Gasteiger partial charge in [0.2, 0.25) is 5.91 Å². The molecule has 2 aliphatic heterocycles. The van der Waals surface area contributed by atoms with Gasteiger partial charge in [-0.05, 0) is 53.4 Å². The number of nitrogens with zero attached hydrogens (tertiary/aromatic N) is 2. The van der Waals surface area contributed by atoms with Gasteiger partial charge in [0.25, 0.3) is 0 Å². The number of hydrogen-bond acceptors (Lipinski definition) is 6. The molecule has 2 heterocycles. The summed E-state index contributed by atoms with van der Waals surface area (Å²) in [4.78, 5) is 28.8. The highest BCUT2D eigenvalue weighted by molar-refractivity contribution is 7.80. The minimum absolute atomic E-state index is 0.270. The summed E-state index contributed by atoms with van der Waals surface area (Å²) >= 11 is 5.46. The van der Waals surface area contributed by atoms with Gasteiger partial charge >= 0.3 is 13.2 Å². The van der Waals surface area contributed by atoms with Gasteiger partial charge in [-0.3, -0.25) is 9.69 Å². The van der Waals surface area contributed by atoms with Crippen LogP contribution in [0.4, 0.5) is 4.79 Å². The first kappa shape index (κ1) is 21.9. The van der Waals surface area contributed by atoms with Gasteiger partial charge in [-0.1, -0.05) is 12.2 Å². The first-order chi connectivity index (χ1) is 12.5. The van der Waals surface area contributed by atoms with Gasteiger partial charge in [-0.25, -0.2) is 4.79 Å². The SMILES string of the molecule is C[C@H](NC(=O)[C@@H]1CCCN1C(=O)OC(C)(C)C)C(=S)N1CCC[C@H]1B(O)O. The lowest BCUT2D eigenvalue weighted by atomic mass is 9.78. The highest BCUT2D eigenvalue weighted by Gasteiger charge is 2.39. The normalized spacial score (nSPS) is 23.9. The van der Waals surface area contributed by atoms with E-state index in [0.717, 1.165) is 12.8 Å². The Morgan fingerprint density at radius 1 is 1.19 bits per heavy atom. The number of hydrogen-bond donors (Lipinski definition) is 3. The van der Waals surface area contributed by atoms with E-state index < -0.39 is 36.8 Å². The van der Waals surface area contributed by atoms with Gasteiger partial charge < -0.3 is 25.0 Å². The molecule has 8 nitrogen and oxygen atoms in total. The van der Waals surface area contributed by atoms with Crippen LogP contribution in [0.25, 0.3) is 0 Å². The number of likely N-dealkylation sites (tertiary alicyclic amines) is 2. The van der Waals surface area contributed by atoms with E-state index in [0.29, 0.717) is 30.9 Å². The Kier molecular flexibility index (Phi) is 7.10. The zero-order chi connectivity index (χ0) is 20.4. The molecule has 2 fully saturated rings. The summed E-state index contributed by atoms with van der Waals surface area (Å²) in [6, 6.07) is -1.03. The number of nitrogens with one attached hydrogen (secondary N) is 1. The van der Waals surface area contributed by atoms with E-state index in [1.807, 2.05) is 0 Å². The van der Waals surface area contributed by atoms with E-state index in [2.05, 4.69) is 5.32 Å². The molecule has 2 amide bonds. The standard InChI is InChI=1S/C17H30BN3O5S/c1-11(15(27)21-10-6-8-13(21)18(24)25)19-14(22)12-7-5-9-20(12)16(23)26-17(2,3)4/h11-13,24-25H,5-10H2,1-4H3,(H,19,22)/t11-,12-,13-/m0/s1. The average Bonchev–Trinajstić information content (AvgIpc) is 3.21. The Bertz CT molecular complexity index is 583. The topological polar surface area (TPSA) is 102 Å². The Balaban J connectivity index is 1.96. The van der Waals surface area contributed by atoms with Crippen LogP contribution in [0.15, 0.2) is 0 Å². The summed E-state index contributed by atoms with van der Waals surface area (Å²) in [5.41, 5.74) is -0.620. The quantitative estimate of drug-likeness (QED) is 0.472. The van der Waals surface area contributed by atoms with Crippen molar-refractivity contribution in [2.24, 2.45) is 0 Å². The molecule has 2 aliphatic rings. The van der Waals surface area contributed by atoms with Crippen molar-refractivity contribution in [2.75, 3.05) is 13.1 Å². The first-order valence-corrected chi connectivity index (χ1v) is 9.88. The lowest BCUT2D eigenvalue weighted by Crippen LogP contribution is -2.55. The Morgan fingerprint density at radius 2 is 1.78 bits per heavy atom. The van der Waals surface area contributed by atoms with Crippen molar-refractivity contribution in [1.82, 2.24) is 15.1 Å².